The molecule has 2 atom stereocenters. The predicted molar refractivity (Wildman–Crippen MR) is 67.3 cm³/mol. The zero-order valence-corrected chi connectivity index (χ0v) is 11.0. The van der Waals surface area contributed by atoms with Crippen molar-refractivity contribution < 1.29 is 4.79 Å². The van der Waals surface area contributed by atoms with Crippen LogP contribution in [0.4, 0.5) is 0 Å². The van der Waals surface area contributed by atoms with Crippen LogP contribution in [0.3, 0.4) is 0 Å². The normalized spacial score (nSPS) is 24.6. The van der Waals surface area contributed by atoms with E-state index in [0.29, 0.717) is 5.56 Å². The second-order valence-electron chi connectivity index (χ2n) is 4.69. The van der Waals surface area contributed by atoms with Crippen LogP contribution >= 0.6 is 11.6 Å². The number of nitrogens with one attached hydrogen (secondary N) is 1. The third-order valence-corrected chi connectivity index (χ3v) is 4.03. The Balaban J connectivity index is 2.11. The monoisotopic (exact) mass is 255 g/mol. The van der Waals surface area contributed by atoms with Gasteiger partial charge in [0, 0.05) is 18.8 Å². The van der Waals surface area contributed by atoms with Crippen molar-refractivity contribution in [2.45, 2.75) is 44.0 Å². The number of nitrogens with zero attached hydrogens (tertiary/aromatic N) is 2. The molecular formula is C12H18ClN3O. The van der Waals surface area contributed by atoms with E-state index in [2.05, 4.69) is 10.2 Å². The number of alkyl halides is 1. The molecule has 0 spiro atoms. The van der Waals surface area contributed by atoms with E-state index in [4.69, 9.17) is 11.6 Å². The fraction of sp³-hybridized carbons (Fsp3) is 0.667. The highest BCUT2D eigenvalue weighted by Gasteiger charge is 2.30. The molecule has 1 aliphatic rings. The van der Waals surface area contributed by atoms with Gasteiger partial charge in [-0.15, -0.1) is 11.6 Å². The number of amides is 1. The number of aryl methyl sites for hydroxylation is 1. The van der Waals surface area contributed by atoms with Gasteiger partial charge in [0.15, 0.2) is 0 Å². The minimum atomic E-state index is 0.00815. The van der Waals surface area contributed by atoms with Crippen LogP contribution < -0.4 is 0 Å². The van der Waals surface area contributed by atoms with Gasteiger partial charge in [0.25, 0.3) is 5.91 Å². The summed E-state index contributed by atoms with van der Waals surface area (Å²) < 4.78 is 0. The quantitative estimate of drug-likeness (QED) is 0.825. The SMILES string of the molecule is Cc1[nH]ncc1C(=O)N(C)C1CCCCC1Cl. The minimum Gasteiger partial charge on any atom is -0.337 e. The summed E-state index contributed by atoms with van der Waals surface area (Å²) in [6.07, 6.45) is 5.88. The number of carbonyl (C=O) groups excluding carboxylic acids is 1. The summed E-state index contributed by atoms with van der Waals surface area (Å²) in [5, 5.41) is 6.75. The maximum Gasteiger partial charge on any atom is 0.257 e. The highest BCUT2D eigenvalue weighted by Crippen LogP contribution is 2.27. The molecule has 17 heavy (non-hydrogen) atoms. The molecule has 94 valence electrons. The Labute approximate surface area is 106 Å². The lowest BCUT2D eigenvalue weighted by Crippen LogP contribution is -2.44. The molecule has 5 heteroatoms. The summed E-state index contributed by atoms with van der Waals surface area (Å²) in [6.45, 7) is 1.85. The molecule has 0 aromatic carbocycles. The van der Waals surface area contributed by atoms with Crippen LogP contribution in [0.15, 0.2) is 6.20 Å². The molecule has 0 bridgehead atoms. The van der Waals surface area contributed by atoms with Gasteiger partial charge in [-0.25, -0.2) is 0 Å². The number of carbonyl (C=O) groups is 1. The highest BCUT2D eigenvalue weighted by molar-refractivity contribution is 6.21. The van der Waals surface area contributed by atoms with Gasteiger partial charge in [0.2, 0.25) is 0 Å². The average molecular weight is 256 g/mol. The molecule has 1 aromatic rings. The highest BCUT2D eigenvalue weighted by atomic mass is 35.5. The Kier molecular flexibility index (Phi) is 3.72. The van der Waals surface area contributed by atoms with E-state index in [0.717, 1.165) is 31.4 Å². The summed E-state index contributed by atoms with van der Waals surface area (Å²) in [7, 11) is 1.83. The zero-order valence-electron chi connectivity index (χ0n) is 10.2. The van der Waals surface area contributed by atoms with Crippen LogP contribution in [0.25, 0.3) is 0 Å². The first-order valence-electron chi connectivity index (χ1n) is 6.02. The molecule has 1 fully saturated rings. The second-order valence-corrected chi connectivity index (χ2v) is 5.25. The van der Waals surface area contributed by atoms with Crippen LogP contribution in [-0.2, 0) is 0 Å². The molecule has 0 saturated heterocycles. The molecule has 2 rings (SSSR count). The number of hydrogen-bond acceptors (Lipinski definition) is 2. The van der Waals surface area contributed by atoms with Crippen molar-refractivity contribution in [3.63, 3.8) is 0 Å². The lowest BCUT2D eigenvalue weighted by atomic mass is 9.93. The van der Waals surface area contributed by atoms with E-state index in [9.17, 15) is 4.79 Å². The van der Waals surface area contributed by atoms with Gasteiger partial charge in [0.1, 0.15) is 0 Å². The molecule has 1 amide bonds. The first-order valence-corrected chi connectivity index (χ1v) is 6.46. The fourth-order valence-corrected chi connectivity index (χ4v) is 2.86. The van der Waals surface area contributed by atoms with E-state index >= 15 is 0 Å². The van der Waals surface area contributed by atoms with E-state index in [1.807, 2.05) is 14.0 Å². The van der Waals surface area contributed by atoms with Gasteiger partial charge < -0.3 is 4.90 Å². The van der Waals surface area contributed by atoms with Gasteiger partial charge in [-0.05, 0) is 19.8 Å². The van der Waals surface area contributed by atoms with Crippen molar-refractivity contribution in [3.05, 3.63) is 17.5 Å². The first-order chi connectivity index (χ1) is 8.11. The topological polar surface area (TPSA) is 49.0 Å². The summed E-state index contributed by atoms with van der Waals surface area (Å²) in [5.74, 6) is 0.00815. The Morgan fingerprint density at radius 3 is 2.82 bits per heavy atom. The molecule has 1 aliphatic carbocycles. The maximum atomic E-state index is 12.3. The molecule has 0 radical (unpaired) electrons. The molecular weight excluding hydrogens is 238 g/mol. The number of H-pyrrole nitrogens is 1. The van der Waals surface area contributed by atoms with Gasteiger partial charge in [-0.1, -0.05) is 12.8 Å². The lowest BCUT2D eigenvalue weighted by Gasteiger charge is -2.34. The maximum absolute atomic E-state index is 12.3. The van der Waals surface area contributed by atoms with Gasteiger partial charge in [-0.3, -0.25) is 9.89 Å². The molecule has 4 nitrogen and oxygen atoms in total. The number of hydrogen-bond donors (Lipinski definition) is 1. The van der Waals surface area contributed by atoms with Gasteiger partial charge >= 0.3 is 0 Å². The van der Waals surface area contributed by atoms with Crippen molar-refractivity contribution >= 4 is 17.5 Å². The van der Waals surface area contributed by atoms with Crippen molar-refractivity contribution in [1.82, 2.24) is 15.1 Å². The van der Waals surface area contributed by atoms with E-state index in [1.165, 1.54) is 0 Å². The molecule has 1 saturated carbocycles. The predicted octanol–water partition coefficient (Wildman–Crippen LogP) is 2.34. The second kappa shape index (κ2) is 5.08. The van der Waals surface area contributed by atoms with Gasteiger partial charge in [0.05, 0.1) is 17.1 Å². The van der Waals surface area contributed by atoms with E-state index < -0.39 is 0 Å². The van der Waals surface area contributed by atoms with Crippen molar-refractivity contribution in [1.29, 1.82) is 0 Å². The Morgan fingerprint density at radius 2 is 2.24 bits per heavy atom. The fourth-order valence-electron chi connectivity index (χ4n) is 2.41. The summed E-state index contributed by atoms with van der Waals surface area (Å²) >= 11 is 6.31. The zero-order chi connectivity index (χ0) is 12.4. The Morgan fingerprint density at radius 1 is 1.53 bits per heavy atom. The smallest absolute Gasteiger partial charge is 0.257 e. The Hall–Kier alpha value is -1.03. The molecule has 2 unspecified atom stereocenters. The van der Waals surface area contributed by atoms with Crippen molar-refractivity contribution in [2.75, 3.05) is 7.05 Å². The van der Waals surface area contributed by atoms with Crippen LogP contribution in [0.2, 0.25) is 0 Å². The van der Waals surface area contributed by atoms with E-state index in [-0.39, 0.29) is 17.3 Å². The summed E-state index contributed by atoms with van der Waals surface area (Å²) in [4.78, 5) is 14.1. The standard InChI is InChI=1S/C12H18ClN3O/c1-8-9(7-14-15-8)12(17)16(2)11-6-4-3-5-10(11)13/h7,10-11H,3-6H2,1-2H3,(H,14,15). The average Bonchev–Trinajstić information content (AvgIpc) is 2.74. The van der Waals surface area contributed by atoms with Crippen LogP contribution in [0, 0.1) is 6.92 Å². The van der Waals surface area contributed by atoms with Crippen LogP contribution in [0.5, 0.6) is 0 Å². The number of halogens is 1. The van der Waals surface area contributed by atoms with E-state index in [1.54, 1.807) is 11.1 Å². The molecule has 1 aromatic heterocycles. The van der Waals surface area contributed by atoms with Gasteiger partial charge in [-0.2, -0.15) is 5.10 Å². The Bertz CT molecular complexity index is 404. The molecule has 0 aliphatic heterocycles. The third-order valence-electron chi connectivity index (χ3n) is 3.53. The largest absolute Gasteiger partial charge is 0.337 e. The molecule has 1 heterocycles. The number of aromatic amines is 1. The summed E-state index contributed by atoms with van der Waals surface area (Å²) in [5.41, 5.74) is 1.45. The van der Waals surface area contributed by atoms with Crippen LogP contribution in [-0.4, -0.2) is 39.5 Å². The third kappa shape index (κ3) is 2.46. The number of aromatic nitrogens is 2. The van der Waals surface area contributed by atoms with Crippen LogP contribution in [0.1, 0.15) is 41.7 Å². The summed E-state index contributed by atoms with van der Waals surface area (Å²) in [6, 6.07) is 0.146. The lowest BCUT2D eigenvalue weighted by molar-refractivity contribution is 0.0699. The molecule has 1 N–H and O–H groups in total. The minimum absolute atomic E-state index is 0.00815. The number of rotatable bonds is 2. The van der Waals surface area contributed by atoms with Crippen molar-refractivity contribution in [2.24, 2.45) is 0 Å². The van der Waals surface area contributed by atoms with Crippen molar-refractivity contribution in [3.8, 4) is 0 Å². The first kappa shape index (κ1) is 12.4.